The number of nitrogen functional groups attached to an aromatic ring is 1. The van der Waals surface area contributed by atoms with Gasteiger partial charge in [-0.1, -0.05) is 66.7 Å². The van der Waals surface area contributed by atoms with Gasteiger partial charge in [-0.3, -0.25) is 9.59 Å². The van der Waals surface area contributed by atoms with Gasteiger partial charge < -0.3 is 20.1 Å². The summed E-state index contributed by atoms with van der Waals surface area (Å²) in [6.07, 6.45) is 1.67. The number of amides is 2. The van der Waals surface area contributed by atoms with Crippen LogP contribution < -0.4 is 5.73 Å². The minimum Gasteiger partial charge on any atom is -0.604 e. The Morgan fingerprint density at radius 1 is 1.06 bits per heavy atom. The van der Waals surface area contributed by atoms with Crippen molar-refractivity contribution in [1.29, 1.82) is 5.26 Å². The van der Waals surface area contributed by atoms with Crippen LogP contribution in [0.1, 0.15) is 60.5 Å². The first kappa shape index (κ1) is 36.6. The number of piperazine rings is 1. The lowest BCUT2D eigenvalue weighted by Gasteiger charge is -2.45. The van der Waals surface area contributed by atoms with Gasteiger partial charge >= 0.3 is 11.7 Å². The summed E-state index contributed by atoms with van der Waals surface area (Å²) in [5.41, 5.74) is 0.137. The number of halogens is 8. The van der Waals surface area contributed by atoms with E-state index in [1.165, 1.54) is 23.6 Å². The van der Waals surface area contributed by atoms with Crippen molar-refractivity contribution in [2.75, 3.05) is 25.4 Å². The van der Waals surface area contributed by atoms with Crippen LogP contribution in [0.5, 0.6) is 0 Å². The number of fused-ring (bicyclic) bond motifs is 3. The minimum atomic E-state index is -5.25. The molecule has 1 saturated carbocycles. The maximum absolute atomic E-state index is 12.8. The second-order valence-electron chi connectivity index (χ2n) is 11.7. The number of alkyl halides is 6. The van der Waals surface area contributed by atoms with Gasteiger partial charge in [0.2, 0.25) is 22.4 Å². The predicted octanol–water partition coefficient (Wildman–Crippen LogP) is 6.81. The van der Waals surface area contributed by atoms with Crippen molar-refractivity contribution < 1.29 is 40.5 Å². The molecule has 9 nitrogen and oxygen atoms in total. The van der Waals surface area contributed by atoms with Crippen LogP contribution in [0.15, 0.2) is 41.3 Å². The fraction of sp³-hybridized carbons (Fsp3) is 0.419. The van der Waals surface area contributed by atoms with E-state index in [0.717, 1.165) is 38.6 Å². The number of hydrogen-bond donors (Lipinski definition) is 1. The molecule has 6 rings (SSSR count). The van der Waals surface area contributed by atoms with Gasteiger partial charge in [-0.15, -0.1) is 18.3 Å². The number of anilines is 1. The SMILES string of the molecule is N#Cc1nn(-c2c(Cl)cc(C(F)(F)F)cc2Cl)c(N)c1[S+]([O-])C(F)(F)F.O=C(C1CCCCC1)N1CC(=O)N2CCc3ccccc3C2C1. The van der Waals surface area contributed by atoms with Crippen molar-refractivity contribution in [3.63, 3.8) is 0 Å². The highest BCUT2D eigenvalue weighted by Gasteiger charge is 2.50. The highest BCUT2D eigenvalue weighted by atomic mass is 35.5. The van der Waals surface area contributed by atoms with Crippen LogP contribution in [0.2, 0.25) is 10.0 Å². The van der Waals surface area contributed by atoms with Crippen LogP contribution in [0.4, 0.5) is 32.2 Å². The van der Waals surface area contributed by atoms with Crippen LogP contribution in [-0.2, 0) is 33.4 Å². The van der Waals surface area contributed by atoms with Crippen LogP contribution >= 0.6 is 23.2 Å². The van der Waals surface area contributed by atoms with Gasteiger partial charge in [0, 0.05) is 19.0 Å². The zero-order valence-electron chi connectivity index (χ0n) is 25.5. The fourth-order valence-corrected chi connectivity index (χ4v) is 7.76. The first-order valence-corrected chi connectivity index (χ1v) is 16.9. The molecule has 2 unspecified atom stereocenters. The molecular weight excluding hydrogens is 721 g/mol. The Kier molecular flexibility index (Phi) is 10.7. The molecule has 1 saturated heterocycles. The smallest absolute Gasteiger partial charge is 0.578 e. The van der Waals surface area contributed by atoms with Crippen LogP contribution in [-0.4, -0.2) is 61.1 Å². The Hall–Kier alpha value is -3.65. The first-order chi connectivity index (χ1) is 23.0. The van der Waals surface area contributed by atoms with Crippen molar-refractivity contribution in [2.24, 2.45) is 5.92 Å². The third-order valence-electron chi connectivity index (χ3n) is 8.65. The predicted molar refractivity (Wildman–Crippen MR) is 168 cm³/mol. The minimum absolute atomic E-state index is 0.0498. The number of carbonyl (C=O) groups excluding carboxylic acids is 2. The molecule has 2 aromatic carbocycles. The van der Waals surface area contributed by atoms with E-state index < -0.39 is 60.6 Å². The zero-order chi connectivity index (χ0) is 35.8. The van der Waals surface area contributed by atoms with Gasteiger partial charge in [0.15, 0.2) is 5.82 Å². The number of nitriles is 1. The van der Waals surface area contributed by atoms with Gasteiger partial charge in [-0.05, 0) is 42.5 Å². The summed E-state index contributed by atoms with van der Waals surface area (Å²) >= 11 is 7.77. The summed E-state index contributed by atoms with van der Waals surface area (Å²) in [4.78, 5) is 28.1. The van der Waals surface area contributed by atoms with Gasteiger partial charge in [0.25, 0.3) is 0 Å². The summed E-state index contributed by atoms with van der Waals surface area (Å²) in [6.45, 7) is 1.72. The van der Waals surface area contributed by atoms with E-state index in [1.54, 1.807) is 0 Å². The standard InChI is InChI=1S/C19H24N2O2.C12H4Cl2F6N4OS/c22-18-13-20(19(23)15-7-2-1-3-8-15)12-17-16-9-5-4-6-14(16)10-11-21(17)18;13-5-1-4(11(15,16)17)2-6(14)8(5)24-10(22)9(7(3-21)23-24)26(25)12(18,19)20/h4-6,9,15,17H,1-3,7-8,10-13H2;1-2H,22H2. The molecular formula is C31H28Cl2F6N6O3S. The number of rotatable bonds is 3. The lowest BCUT2D eigenvalue weighted by molar-refractivity contribution is -0.152. The first-order valence-electron chi connectivity index (χ1n) is 15.0. The Morgan fingerprint density at radius 3 is 2.29 bits per heavy atom. The number of hydrogen-bond acceptors (Lipinski definition) is 6. The molecule has 2 atom stereocenters. The molecule has 0 spiro atoms. The van der Waals surface area contributed by atoms with Crippen LogP contribution in [0.25, 0.3) is 5.69 Å². The average Bonchev–Trinajstić information content (AvgIpc) is 3.38. The van der Waals surface area contributed by atoms with Crippen LogP contribution in [0, 0.1) is 17.2 Å². The quantitative estimate of drug-likeness (QED) is 0.231. The number of aromatic nitrogens is 2. The molecule has 3 aliphatic rings. The molecule has 0 radical (unpaired) electrons. The number of carbonyl (C=O) groups is 2. The summed E-state index contributed by atoms with van der Waals surface area (Å²) in [7, 11) is 0. The molecule has 0 bridgehead atoms. The van der Waals surface area contributed by atoms with E-state index >= 15 is 0 Å². The normalized spacial score (nSPS) is 18.9. The molecule has 2 amide bonds. The van der Waals surface area contributed by atoms with E-state index in [1.807, 2.05) is 15.9 Å². The lowest BCUT2D eigenvalue weighted by Crippen LogP contribution is -2.56. The third kappa shape index (κ3) is 7.59. The summed E-state index contributed by atoms with van der Waals surface area (Å²) in [5, 5.41) is 11.1. The average molecular weight is 750 g/mol. The van der Waals surface area contributed by atoms with E-state index in [2.05, 4.69) is 23.3 Å². The molecule has 2 fully saturated rings. The van der Waals surface area contributed by atoms with Crippen LogP contribution in [0.3, 0.4) is 0 Å². The maximum atomic E-state index is 12.8. The van der Waals surface area contributed by atoms with Crippen molar-refractivity contribution in [2.45, 2.75) is 61.1 Å². The second-order valence-corrected chi connectivity index (χ2v) is 13.9. The molecule has 3 heterocycles. The highest BCUT2D eigenvalue weighted by Crippen LogP contribution is 2.41. The zero-order valence-corrected chi connectivity index (χ0v) is 27.8. The van der Waals surface area contributed by atoms with Crippen molar-refractivity contribution in [3.8, 4) is 11.8 Å². The Balaban J connectivity index is 0.000000192. The van der Waals surface area contributed by atoms with E-state index in [9.17, 15) is 40.5 Å². The third-order valence-corrected chi connectivity index (χ3v) is 10.4. The highest BCUT2D eigenvalue weighted by molar-refractivity contribution is 7.92. The number of benzene rings is 2. The molecule has 2 N–H and O–H groups in total. The Morgan fingerprint density at radius 2 is 1.69 bits per heavy atom. The lowest BCUT2D eigenvalue weighted by atomic mass is 9.87. The van der Waals surface area contributed by atoms with Gasteiger partial charge in [-0.2, -0.15) is 18.4 Å². The number of nitrogens with zero attached hydrogens (tertiary/aromatic N) is 5. The summed E-state index contributed by atoms with van der Waals surface area (Å²) < 4.78 is 88.4. The van der Waals surface area contributed by atoms with E-state index in [-0.39, 0.29) is 30.3 Å². The van der Waals surface area contributed by atoms with E-state index in [4.69, 9.17) is 34.2 Å². The molecule has 1 aromatic heterocycles. The molecule has 2 aliphatic heterocycles. The van der Waals surface area contributed by atoms with E-state index in [0.29, 0.717) is 23.4 Å². The fourth-order valence-electron chi connectivity index (χ4n) is 6.34. The molecule has 49 heavy (non-hydrogen) atoms. The summed E-state index contributed by atoms with van der Waals surface area (Å²) in [6, 6.07) is 10.6. The van der Waals surface area contributed by atoms with Gasteiger partial charge in [-0.25, -0.2) is 4.68 Å². The van der Waals surface area contributed by atoms with Gasteiger partial charge in [0.05, 0.1) is 28.2 Å². The molecule has 18 heteroatoms. The Labute approximate surface area is 289 Å². The van der Waals surface area contributed by atoms with Crippen molar-refractivity contribution in [3.05, 3.63) is 68.8 Å². The number of nitrogens with two attached hydrogens (primary N) is 1. The monoisotopic (exact) mass is 748 g/mol. The van der Waals surface area contributed by atoms with Crippen molar-refractivity contribution in [1.82, 2.24) is 19.6 Å². The Bertz CT molecular complexity index is 1770. The van der Waals surface area contributed by atoms with Gasteiger partial charge in [0.1, 0.15) is 22.9 Å². The summed E-state index contributed by atoms with van der Waals surface area (Å²) in [5.74, 6) is -0.441. The second kappa shape index (κ2) is 14.3. The molecule has 262 valence electrons. The molecule has 3 aromatic rings. The largest absolute Gasteiger partial charge is 0.604 e. The topological polar surface area (TPSA) is 131 Å². The maximum Gasteiger partial charge on any atom is 0.578 e. The van der Waals surface area contributed by atoms with Crippen molar-refractivity contribution >= 4 is 52.0 Å². The molecule has 1 aliphatic carbocycles.